The number of nitrogens with two attached hydrogens (primary N) is 1. The van der Waals surface area contributed by atoms with Gasteiger partial charge in [0.1, 0.15) is 21.9 Å². The van der Waals surface area contributed by atoms with E-state index in [0.29, 0.717) is 47.3 Å². The standard InChI is InChI=1S/C24H27FN6O3S/c1-23(14-35(32,27-2)24(22(26)30-23)8-4-5-9-24)17-10-15(6-7-18(17)25)20-11-19(31-34-20)21-28-12-16(33-3)13-29-21/h6-7,10-13H,4-5,8-9,14H2,1-3H3,(H2,26,30)/t23-,35?/m0/s1. The molecule has 5 rings (SSSR count). The predicted octanol–water partition coefficient (Wildman–Crippen LogP) is 3.94. The number of hydrogen-bond acceptors (Lipinski definition) is 9. The maximum atomic E-state index is 15.2. The molecule has 0 amide bonds. The minimum atomic E-state index is -2.77. The summed E-state index contributed by atoms with van der Waals surface area (Å²) in [5.74, 6) is 1.24. The van der Waals surface area contributed by atoms with E-state index in [0.717, 1.165) is 12.8 Å². The van der Waals surface area contributed by atoms with E-state index >= 15 is 4.39 Å². The molecule has 2 aliphatic rings. The molecule has 1 unspecified atom stereocenters. The fourth-order valence-corrected chi connectivity index (χ4v) is 8.18. The highest BCUT2D eigenvalue weighted by Gasteiger charge is 2.54. The molecule has 35 heavy (non-hydrogen) atoms. The minimum absolute atomic E-state index is 0.0961. The van der Waals surface area contributed by atoms with Crippen molar-refractivity contribution in [3.8, 4) is 28.6 Å². The van der Waals surface area contributed by atoms with E-state index in [1.165, 1.54) is 25.6 Å². The molecule has 1 saturated carbocycles. The molecule has 3 aromatic rings. The Morgan fingerprint density at radius 3 is 2.57 bits per heavy atom. The number of aliphatic imine (C=N–C) groups is 1. The maximum Gasteiger partial charge on any atom is 0.181 e. The van der Waals surface area contributed by atoms with Crippen molar-refractivity contribution in [3.05, 3.63) is 48.0 Å². The van der Waals surface area contributed by atoms with Gasteiger partial charge in [-0.05, 0) is 38.0 Å². The molecule has 9 nitrogen and oxygen atoms in total. The number of rotatable bonds is 4. The monoisotopic (exact) mass is 498 g/mol. The van der Waals surface area contributed by atoms with E-state index in [9.17, 15) is 4.21 Å². The molecule has 11 heteroatoms. The van der Waals surface area contributed by atoms with Gasteiger partial charge in [-0.3, -0.25) is 4.99 Å². The Labute approximate surface area is 203 Å². The highest BCUT2D eigenvalue weighted by Crippen LogP contribution is 2.46. The molecule has 2 N–H and O–H groups in total. The summed E-state index contributed by atoms with van der Waals surface area (Å²) in [4.78, 5) is 13.2. The van der Waals surface area contributed by atoms with Gasteiger partial charge in [0.2, 0.25) is 0 Å². The van der Waals surface area contributed by atoms with Crippen LogP contribution in [0.4, 0.5) is 4.39 Å². The van der Waals surface area contributed by atoms with Crippen LogP contribution < -0.4 is 10.5 Å². The molecule has 1 spiro atoms. The summed E-state index contributed by atoms with van der Waals surface area (Å²) in [6.45, 7) is 1.76. The van der Waals surface area contributed by atoms with Crippen molar-refractivity contribution in [1.82, 2.24) is 15.1 Å². The lowest BCUT2D eigenvalue weighted by atomic mass is 9.91. The van der Waals surface area contributed by atoms with Gasteiger partial charge in [0.25, 0.3) is 0 Å². The first-order valence-corrected chi connectivity index (χ1v) is 13.0. The lowest BCUT2D eigenvalue weighted by Gasteiger charge is -2.42. The quantitative estimate of drug-likeness (QED) is 0.577. The van der Waals surface area contributed by atoms with Gasteiger partial charge in [-0.25, -0.2) is 22.9 Å². The first-order valence-electron chi connectivity index (χ1n) is 11.4. The summed E-state index contributed by atoms with van der Waals surface area (Å²) in [7, 11) is 0.327. The summed E-state index contributed by atoms with van der Waals surface area (Å²) in [5.41, 5.74) is 6.61. The minimum Gasteiger partial charge on any atom is -0.494 e. The van der Waals surface area contributed by atoms with Crippen LogP contribution in [0.15, 0.2) is 50.5 Å². The van der Waals surface area contributed by atoms with Gasteiger partial charge in [-0.2, -0.15) is 0 Å². The number of aromatic nitrogens is 3. The van der Waals surface area contributed by atoms with Gasteiger partial charge >= 0.3 is 0 Å². The third-order valence-electron chi connectivity index (χ3n) is 7.06. The van der Waals surface area contributed by atoms with E-state index < -0.39 is 25.8 Å². The van der Waals surface area contributed by atoms with Crippen molar-refractivity contribution in [3.63, 3.8) is 0 Å². The number of nitrogens with zero attached hydrogens (tertiary/aromatic N) is 5. The van der Waals surface area contributed by atoms with Crippen molar-refractivity contribution in [2.75, 3.05) is 19.9 Å². The molecule has 1 aromatic carbocycles. The van der Waals surface area contributed by atoms with Gasteiger partial charge < -0.3 is 15.0 Å². The molecule has 1 aliphatic carbocycles. The normalized spacial score (nSPS) is 25.4. The van der Waals surface area contributed by atoms with Gasteiger partial charge in [0.15, 0.2) is 23.0 Å². The van der Waals surface area contributed by atoms with E-state index in [1.54, 1.807) is 32.2 Å². The fourth-order valence-electron chi connectivity index (χ4n) is 5.14. The number of ether oxygens (including phenoxy) is 1. The number of methoxy groups -OCH3 is 1. The summed E-state index contributed by atoms with van der Waals surface area (Å²) in [5, 5.41) is 4.05. The van der Waals surface area contributed by atoms with Crippen LogP contribution in [0, 0.1) is 5.82 Å². The van der Waals surface area contributed by atoms with E-state index in [1.807, 2.05) is 0 Å². The Hall–Kier alpha value is -3.34. The van der Waals surface area contributed by atoms with Gasteiger partial charge in [-0.1, -0.05) is 18.0 Å². The molecule has 1 aliphatic heterocycles. The summed E-state index contributed by atoms with van der Waals surface area (Å²) < 4.78 is 43.5. The smallest absolute Gasteiger partial charge is 0.181 e. The third-order valence-corrected chi connectivity index (χ3v) is 10.4. The molecular formula is C24H27FN6O3S. The van der Waals surface area contributed by atoms with E-state index in [2.05, 4.69) is 19.5 Å². The average molecular weight is 499 g/mol. The van der Waals surface area contributed by atoms with Crippen LogP contribution in [0.1, 0.15) is 38.2 Å². The van der Waals surface area contributed by atoms with E-state index in [-0.39, 0.29) is 11.3 Å². The Bertz CT molecular complexity index is 1420. The van der Waals surface area contributed by atoms with Crippen LogP contribution in [-0.4, -0.2) is 49.8 Å². The second-order valence-corrected chi connectivity index (χ2v) is 11.9. The summed E-state index contributed by atoms with van der Waals surface area (Å²) >= 11 is 0. The Balaban J connectivity index is 1.55. The molecule has 184 valence electrons. The lowest BCUT2D eigenvalue weighted by molar-refractivity contribution is 0.410. The summed E-state index contributed by atoms with van der Waals surface area (Å²) in [6.07, 6.45) is 6.29. The van der Waals surface area contributed by atoms with Crippen molar-refractivity contribution in [1.29, 1.82) is 0 Å². The Morgan fingerprint density at radius 2 is 1.91 bits per heavy atom. The van der Waals surface area contributed by atoms with Crippen molar-refractivity contribution in [2.24, 2.45) is 15.1 Å². The first-order chi connectivity index (χ1) is 16.7. The molecule has 1 fully saturated rings. The molecule has 2 atom stereocenters. The van der Waals surface area contributed by atoms with Gasteiger partial charge in [0, 0.05) is 24.2 Å². The molecule has 3 heterocycles. The van der Waals surface area contributed by atoms with Crippen LogP contribution in [0.25, 0.3) is 22.8 Å². The summed E-state index contributed by atoms with van der Waals surface area (Å²) in [6, 6.07) is 6.26. The number of hydrogen-bond donors (Lipinski definition) is 1. The number of halogens is 1. The maximum absolute atomic E-state index is 15.2. The van der Waals surface area contributed by atoms with Crippen LogP contribution in [-0.2, 0) is 15.3 Å². The van der Waals surface area contributed by atoms with Crippen LogP contribution in [0.2, 0.25) is 0 Å². The second kappa shape index (κ2) is 8.40. The first kappa shape index (κ1) is 23.4. The topological polar surface area (TPSA) is 129 Å². The highest BCUT2D eigenvalue weighted by molar-refractivity contribution is 7.95. The zero-order chi connectivity index (χ0) is 24.8. The van der Waals surface area contributed by atoms with Crippen molar-refractivity contribution in [2.45, 2.75) is 42.9 Å². The lowest BCUT2D eigenvalue weighted by Crippen LogP contribution is -2.56. The SMILES string of the molecule is CN=S1(=O)C[C@@](C)(c2cc(-c3cc(-c4ncc(OC)cn4)no3)ccc2F)N=C(N)C12CCCC2. The van der Waals surface area contributed by atoms with E-state index in [4.69, 9.17) is 20.0 Å². The molecule has 0 bridgehead atoms. The largest absolute Gasteiger partial charge is 0.494 e. The third kappa shape index (κ3) is 3.69. The van der Waals surface area contributed by atoms with Crippen molar-refractivity contribution >= 4 is 15.6 Å². The average Bonchev–Trinajstić information content (AvgIpc) is 3.55. The number of amidine groups is 1. The Morgan fingerprint density at radius 1 is 1.20 bits per heavy atom. The molecular weight excluding hydrogens is 471 g/mol. The fraction of sp³-hybridized carbons (Fsp3) is 0.417. The second-order valence-electron chi connectivity index (χ2n) is 9.16. The van der Waals surface area contributed by atoms with Crippen LogP contribution in [0.3, 0.4) is 0 Å². The van der Waals surface area contributed by atoms with Gasteiger partial charge in [0.05, 0.1) is 35.0 Å². The van der Waals surface area contributed by atoms with Crippen LogP contribution >= 0.6 is 0 Å². The molecule has 2 aromatic heterocycles. The predicted molar refractivity (Wildman–Crippen MR) is 131 cm³/mol. The van der Waals surface area contributed by atoms with Crippen LogP contribution in [0.5, 0.6) is 5.75 Å². The molecule has 0 saturated heterocycles. The van der Waals surface area contributed by atoms with Crippen molar-refractivity contribution < 1.29 is 17.9 Å². The zero-order valence-electron chi connectivity index (χ0n) is 19.8. The Kier molecular flexibility index (Phi) is 5.62. The number of benzene rings is 1. The zero-order valence-corrected chi connectivity index (χ0v) is 20.6. The highest BCUT2D eigenvalue weighted by atomic mass is 32.2. The van der Waals surface area contributed by atoms with Gasteiger partial charge in [-0.15, -0.1) is 0 Å². The molecule has 0 radical (unpaired) electrons.